The van der Waals surface area contributed by atoms with Gasteiger partial charge in [0.2, 0.25) is 0 Å². The van der Waals surface area contributed by atoms with Gasteiger partial charge in [0, 0.05) is 16.7 Å². The van der Waals surface area contributed by atoms with Gasteiger partial charge in [0.15, 0.2) is 5.78 Å². The number of ketones is 1. The van der Waals surface area contributed by atoms with Crippen LogP contribution in [-0.2, 0) is 0 Å². The van der Waals surface area contributed by atoms with Crippen LogP contribution in [0.3, 0.4) is 0 Å². The third-order valence-corrected chi connectivity index (χ3v) is 1.85. The summed E-state index contributed by atoms with van der Waals surface area (Å²) in [5.74, 6) is 0.146. The van der Waals surface area contributed by atoms with Crippen LogP contribution in [0.25, 0.3) is 0 Å². The Balaban J connectivity index is 2.97. The molecule has 0 saturated heterocycles. The molecule has 2 N–H and O–H groups in total. The lowest BCUT2D eigenvalue weighted by Gasteiger charge is -2.16. The van der Waals surface area contributed by atoms with Crippen LogP contribution in [0.5, 0.6) is 0 Å². The third-order valence-electron chi connectivity index (χ3n) is 1.85. The maximum atomic E-state index is 11.7. The highest BCUT2D eigenvalue weighted by molar-refractivity contribution is 5.99. The van der Waals surface area contributed by atoms with E-state index in [1.165, 1.54) is 0 Å². The Kier molecular flexibility index (Phi) is 2.41. The molecule has 1 rings (SSSR count). The Morgan fingerprint density at radius 1 is 1.15 bits per heavy atom. The van der Waals surface area contributed by atoms with Crippen LogP contribution in [0.4, 0.5) is 5.69 Å². The average molecular weight is 177 g/mol. The lowest BCUT2D eigenvalue weighted by atomic mass is 9.86. The number of rotatable bonds is 1. The second-order valence-corrected chi connectivity index (χ2v) is 4.20. The Hall–Kier alpha value is -1.31. The van der Waals surface area contributed by atoms with Crippen molar-refractivity contribution in [2.24, 2.45) is 5.41 Å². The minimum Gasteiger partial charge on any atom is -0.399 e. The Bertz CT molecular complexity index is 306. The smallest absolute Gasteiger partial charge is 0.168 e. The van der Waals surface area contributed by atoms with Gasteiger partial charge in [-0.15, -0.1) is 0 Å². The van der Waals surface area contributed by atoms with Gasteiger partial charge in [-0.3, -0.25) is 4.79 Å². The van der Waals surface area contributed by atoms with Gasteiger partial charge in [0.1, 0.15) is 0 Å². The normalized spacial score (nSPS) is 11.3. The van der Waals surface area contributed by atoms with Gasteiger partial charge >= 0.3 is 0 Å². The fraction of sp³-hybridized carbons (Fsp3) is 0.364. The molecule has 13 heavy (non-hydrogen) atoms. The largest absolute Gasteiger partial charge is 0.399 e. The highest BCUT2D eigenvalue weighted by atomic mass is 16.1. The molecule has 1 aromatic rings. The van der Waals surface area contributed by atoms with Crippen LogP contribution in [-0.4, -0.2) is 5.78 Å². The van der Waals surface area contributed by atoms with Crippen LogP contribution in [0, 0.1) is 5.41 Å². The number of carbonyl (C=O) groups excluding carboxylic acids is 1. The number of Topliss-reactive ketones (excluding diaryl/α,β-unsaturated/α-hetero) is 1. The molecule has 70 valence electrons. The summed E-state index contributed by atoms with van der Waals surface area (Å²) in [6.07, 6.45) is 0. The van der Waals surface area contributed by atoms with Crippen molar-refractivity contribution in [2.45, 2.75) is 20.8 Å². The molecule has 0 spiro atoms. The van der Waals surface area contributed by atoms with Gasteiger partial charge in [-0.05, 0) is 24.3 Å². The molecular weight excluding hydrogens is 162 g/mol. The molecule has 0 radical (unpaired) electrons. The fourth-order valence-corrected chi connectivity index (χ4v) is 1.07. The highest BCUT2D eigenvalue weighted by Crippen LogP contribution is 2.21. The van der Waals surface area contributed by atoms with Gasteiger partial charge < -0.3 is 5.73 Å². The number of anilines is 1. The van der Waals surface area contributed by atoms with E-state index in [9.17, 15) is 4.79 Å². The lowest BCUT2D eigenvalue weighted by Crippen LogP contribution is -2.19. The summed E-state index contributed by atoms with van der Waals surface area (Å²) in [6.45, 7) is 5.73. The SMILES string of the molecule is CC(C)(C)C(=O)c1ccc(N)cc1. The molecular formula is C11H15NO. The van der Waals surface area contributed by atoms with Crippen molar-refractivity contribution in [1.29, 1.82) is 0 Å². The molecule has 2 nitrogen and oxygen atoms in total. The minimum absolute atomic E-state index is 0.146. The molecule has 0 atom stereocenters. The average Bonchev–Trinajstić information content (AvgIpc) is 2.03. The molecule has 0 saturated carbocycles. The number of carbonyl (C=O) groups is 1. The zero-order chi connectivity index (χ0) is 10.1. The third kappa shape index (κ3) is 2.31. The van der Waals surface area contributed by atoms with Crippen LogP contribution < -0.4 is 5.73 Å². The van der Waals surface area contributed by atoms with Gasteiger partial charge in [0.05, 0.1) is 0 Å². The first-order chi connectivity index (χ1) is 5.91. The molecule has 0 aliphatic carbocycles. The maximum absolute atomic E-state index is 11.7. The Labute approximate surface area is 78.8 Å². The summed E-state index contributed by atoms with van der Waals surface area (Å²) in [7, 11) is 0. The molecule has 0 unspecified atom stereocenters. The monoisotopic (exact) mass is 177 g/mol. The van der Waals surface area contributed by atoms with Crippen LogP contribution in [0.1, 0.15) is 31.1 Å². The van der Waals surface area contributed by atoms with Crippen LogP contribution >= 0.6 is 0 Å². The van der Waals surface area contributed by atoms with E-state index >= 15 is 0 Å². The maximum Gasteiger partial charge on any atom is 0.168 e. The number of hydrogen-bond acceptors (Lipinski definition) is 2. The second kappa shape index (κ2) is 3.21. The molecule has 2 heteroatoms. The van der Waals surface area contributed by atoms with Crippen molar-refractivity contribution in [2.75, 3.05) is 5.73 Å². The number of nitrogen functional groups attached to an aromatic ring is 1. The predicted octanol–water partition coefficient (Wildman–Crippen LogP) is 2.50. The molecule has 0 aromatic heterocycles. The van der Waals surface area contributed by atoms with E-state index in [0.717, 1.165) is 5.56 Å². The van der Waals surface area contributed by atoms with Crippen molar-refractivity contribution >= 4 is 11.5 Å². The standard InChI is InChI=1S/C11H15NO/c1-11(2,3)10(13)8-4-6-9(12)7-5-8/h4-7H,12H2,1-3H3. The minimum atomic E-state index is -0.323. The fourth-order valence-electron chi connectivity index (χ4n) is 1.07. The molecule has 0 heterocycles. The van der Waals surface area contributed by atoms with Gasteiger partial charge in [-0.2, -0.15) is 0 Å². The first-order valence-corrected chi connectivity index (χ1v) is 4.31. The van der Waals surface area contributed by atoms with Crippen molar-refractivity contribution in [3.8, 4) is 0 Å². The molecule has 0 aliphatic heterocycles. The summed E-state index contributed by atoms with van der Waals surface area (Å²) >= 11 is 0. The van der Waals surface area contributed by atoms with E-state index in [-0.39, 0.29) is 11.2 Å². The number of benzene rings is 1. The first kappa shape index (κ1) is 9.78. The van der Waals surface area contributed by atoms with Crippen molar-refractivity contribution < 1.29 is 4.79 Å². The summed E-state index contributed by atoms with van der Waals surface area (Å²) in [6, 6.07) is 7.03. The summed E-state index contributed by atoms with van der Waals surface area (Å²) in [5, 5.41) is 0. The summed E-state index contributed by atoms with van der Waals surface area (Å²) in [5.41, 5.74) is 6.61. The summed E-state index contributed by atoms with van der Waals surface area (Å²) < 4.78 is 0. The Morgan fingerprint density at radius 2 is 1.62 bits per heavy atom. The van der Waals surface area contributed by atoms with E-state index in [1.54, 1.807) is 24.3 Å². The van der Waals surface area contributed by atoms with E-state index in [2.05, 4.69) is 0 Å². The molecule has 0 amide bonds. The quantitative estimate of drug-likeness (QED) is 0.529. The highest BCUT2D eigenvalue weighted by Gasteiger charge is 2.22. The Morgan fingerprint density at radius 3 is 2.00 bits per heavy atom. The molecule has 0 bridgehead atoms. The summed E-state index contributed by atoms with van der Waals surface area (Å²) in [4.78, 5) is 11.7. The van der Waals surface area contributed by atoms with Crippen LogP contribution in [0.2, 0.25) is 0 Å². The molecule has 0 fully saturated rings. The number of nitrogens with two attached hydrogens (primary N) is 1. The molecule has 0 aliphatic rings. The zero-order valence-electron chi connectivity index (χ0n) is 8.29. The van der Waals surface area contributed by atoms with Gasteiger partial charge in [-0.1, -0.05) is 20.8 Å². The van der Waals surface area contributed by atoms with Gasteiger partial charge in [0.25, 0.3) is 0 Å². The predicted molar refractivity (Wildman–Crippen MR) is 54.6 cm³/mol. The van der Waals surface area contributed by atoms with Crippen molar-refractivity contribution in [1.82, 2.24) is 0 Å². The van der Waals surface area contributed by atoms with Gasteiger partial charge in [-0.25, -0.2) is 0 Å². The molecule has 1 aromatic carbocycles. The van der Waals surface area contributed by atoms with Crippen LogP contribution in [0.15, 0.2) is 24.3 Å². The van der Waals surface area contributed by atoms with E-state index in [0.29, 0.717) is 5.69 Å². The topological polar surface area (TPSA) is 43.1 Å². The van der Waals surface area contributed by atoms with E-state index in [1.807, 2.05) is 20.8 Å². The van der Waals surface area contributed by atoms with E-state index in [4.69, 9.17) is 5.73 Å². The number of hydrogen-bond donors (Lipinski definition) is 1. The lowest BCUT2D eigenvalue weighted by molar-refractivity contribution is 0.0858. The second-order valence-electron chi connectivity index (χ2n) is 4.20. The first-order valence-electron chi connectivity index (χ1n) is 4.31. The zero-order valence-corrected chi connectivity index (χ0v) is 8.29. The van der Waals surface area contributed by atoms with E-state index < -0.39 is 0 Å². The van der Waals surface area contributed by atoms with Crippen molar-refractivity contribution in [3.05, 3.63) is 29.8 Å². The van der Waals surface area contributed by atoms with Crippen molar-refractivity contribution in [3.63, 3.8) is 0 Å².